The molecule has 0 unspecified atom stereocenters. The monoisotopic (exact) mass is 313 g/mol. The van der Waals surface area contributed by atoms with Gasteiger partial charge in [-0.3, -0.25) is 4.98 Å². The standard InChI is InChI=1S/C19H15N5/c1-2-7-17-13(4-1)8-14(9-20-17)23-19-16-10-24(15-5-3-6-15)11-18(16)21-12-22-19/h1-9,12H,10-11H2,(H,21,22,23). The largest absolute Gasteiger partial charge is 0.361 e. The van der Waals surface area contributed by atoms with E-state index in [2.05, 4.69) is 55.5 Å². The van der Waals surface area contributed by atoms with Crippen molar-refractivity contribution in [3.63, 3.8) is 0 Å². The molecule has 116 valence electrons. The molecule has 0 bridgehead atoms. The van der Waals surface area contributed by atoms with Crippen LogP contribution in [0.4, 0.5) is 11.5 Å². The molecular weight excluding hydrogens is 298 g/mol. The number of allylic oxidation sites excluding steroid dienone is 3. The topological polar surface area (TPSA) is 53.9 Å². The second kappa shape index (κ2) is 5.16. The highest BCUT2D eigenvalue weighted by atomic mass is 15.2. The number of nitrogens with zero attached hydrogens (tertiary/aromatic N) is 4. The third kappa shape index (κ3) is 2.13. The van der Waals surface area contributed by atoms with Gasteiger partial charge in [-0.25, -0.2) is 9.97 Å². The maximum atomic E-state index is 4.50. The summed E-state index contributed by atoms with van der Waals surface area (Å²) >= 11 is 0. The summed E-state index contributed by atoms with van der Waals surface area (Å²) in [4.78, 5) is 15.7. The first kappa shape index (κ1) is 13.2. The minimum atomic E-state index is 0.829. The first-order valence-corrected chi connectivity index (χ1v) is 7.95. The van der Waals surface area contributed by atoms with E-state index in [0.29, 0.717) is 0 Å². The van der Waals surface area contributed by atoms with Gasteiger partial charge in [0.1, 0.15) is 12.1 Å². The van der Waals surface area contributed by atoms with Crippen LogP contribution in [0.25, 0.3) is 10.9 Å². The molecule has 0 saturated carbocycles. The summed E-state index contributed by atoms with van der Waals surface area (Å²) < 4.78 is 0. The van der Waals surface area contributed by atoms with E-state index in [-0.39, 0.29) is 0 Å². The lowest BCUT2D eigenvalue weighted by molar-refractivity contribution is 0.370. The second-order valence-corrected chi connectivity index (χ2v) is 6.00. The summed E-state index contributed by atoms with van der Waals surface area (Å²) in [6.45, 7) is 1.66. The minimum absolute atomic E-state index is 0.829. The summed E-state index contributed by atoms with van der Waals surface area (Å²) in [7, 11) is 0. The molecule has 0 atom stereocenters. The number of rotatable bonds is 3. The summed E-state index contributed by atoms with van der Waals surface area (Å²) in [6, 6.07) is 10.2. The molecule has 1 aliphatic carbocycles. The van der Waals surface area contributed by atoms with Gasteiger partial charge in [-0.2, -0.15) is 0 Å². The Bertz CT molecular complexity index is 1010. The molecule has 0 saturated heterocycles. The zero-order valence-corrected chi connectivity index (χ0v) is 13.0. The van der Waals surface area contributed by atoms with Crippen molar-refractivity contribution in [3.8, 4) is 0 Å². The van der Waals surface area contributed by atoms with Crippen molar-refractivity contribution in [2.75, 3.05) is 5.32 Å². The summed E-state index contributed by atoms with van der Waals surface area (Å²) in [6.07, 6.45) is 9.79. The summed E-state index contributed by atoms with van der Waals surface area (Å²) in [5.41, 5.74) is 5.43. The van der Waals surface area contributed by atoms with Gasteiger partial charge in [0, 0.05) is 23.2 Å². The van der Waals surface area contributed by atoms with Crippen LogP contribution in [0.2, 0.25) is 0 Å². The molecule has 2 aliphatic rings. The van der Waals surface area contributed by atoms with Crippen LogP contribution in [0.15, 0.2) is 66.8 Å². The van der Waals surface area contributed by atoms with E-state index in [1.54, 1.807) is 6.33 Å². The molecular formula is C19H15N5. The van der Waals surface area contributed by atoms with Gasteiger partial charge < -0.3 is 10.2 Å². The third-order valence-electron chi connectivity index (χ3n) is 4.48. The van der Waals surface area contributed by atoms with Gasteiger partial charge in [-0.1, -0.05) is 24.3 Å². The number of pyridine rings is 1. The molecule has 0 fully saturated rings. The number of aromatic nitrogens is 3. The SMILES string of the molecule is C1=CC(N2Cc3ncnc(Nc4cnc5ccccc5c4)c3C2)=C1. The van der Waals surface area contributed by atoms with Crippen LogP contribution in [0.3, 0.4) is 0 Å². The Hall–Kier alpha value is -3.21. The molecule has 3 aromatic rings. The first-order chi connectivity index (χ1) is 11.9. The predicted octanol–water partition coefficient (Wildman–Crippen LogP) is 3.54. The summed E-state index contributed by atoms with van der Waals surface area (Å²) in [5, 5.41) is 4.52. The Morgan fingerprint density at radius 1 is 1.04 bits per heavy atom. The quantitative estimate of drug-likeness (QED) is 0.801. The average Bonchev–Trinajstić information content (AvgIpc) is 2.97. The van der Waals surface area contributed by atoms with Crippen molar-refractivity contribution in [3.05, 3.63) is 78.0 Å². The van der Waals surface area contributed by atoms with E-state index in [4.69, 9.17) is 0 Å². The Morgan fingerprint density at radius 2 is 1.96 bits per heavy atom. The molecule has 1 N–H and O–H groups in total. The van der Waals surface area contributed by atoms with Gasteiger partial charge in [-0.15, -0.1) is 0 Å². The molecule has 5 heteroatoms. The number of nitrogens with one attached hydrogen (secondary N) is 1. The van der Waals surface area contributed by atoms with Gasteiger partial charge in [0.05, 0.1) is 29.6 Å². The van der Waals surface area contributed by atoms with Gasteiger partial charge in [0.15, 0.2) is 0 Å². The maximum Gasteiger partial charge on any atom is 0.139 e. The molecule has 0 amide bonds. The van der Waals surface area contributed by atoms with Crippen LogP contribution in [-0.4, -0.2) is 19.9 Å². The molecule has 5 rings (SSSR count). The maximum absolute atomic E-state index is 4.50. The zero-order chi connectivity index (χ0) is 15.9. The highest BCUT2D eigenvalue weighted by Gasteiger charge is 2.25. The van der Waals surface area contributed by atoms with E-state index in [1.165, 1.54) is 5.70 Å². The highest BCUT2D eigenvalue weighted by Crippen LogP contribution is 2.32. The van der Waals surface area contributed by atoms with E-state index in [1.807, 2.05) is 24.4 Å². The smallest absolute Gasteiger partial charge is 0.139 e. The number of fused-ring (bicyclic) bond motifs is 2. The molecule has 0 spiro atoms. The molecule has 1 aliphatic heterocycles. The van der Waals surface area contributed by atoms with Crippen molar-refractivity contribution >= 4 is 22.4 Å². The highest BCUT2D eigenvalue weighted by molar-refractivity contribution is 5.82. The molecule has 3 heterocycles. The fraction of sp³-hybridized carbons (Fsp3) is 0.105. The Morgan fingerprint density at radius 3 is 2.83 bits per heavy atom. The fourth-order valence-corrected chi connectivity index (χ4v) is 3.14. The van der Waals surface area contributed by atoms with Crippen LogP contribution in [0.5, 0.6) is 0 Å². The number of anilines is 2. The van der Waals surface area contributed by atoms with Crippen molar-refractivity contribution in [1.82, 2.24) is 19.9 Å². The Balaban J connectivity index is 1.46. The van der Waals surface area contributed by atoms with E-state index in [9.17, 15) is 0 Å². The normalized spacial score (nSPS) is 15.2. The average molecular weight is 313 g/mol. The van der Waals surface area contributed by atoms with Crippen LogP contribution < -0.4 is 5.32 Å². The van der Waals surface area contributed by atoms with Crippen molar-refractivity contribution in [2.24, 2.45) is 0 Å². The third-order valence-corrected chi connectivity index (χ3v) is 4.48. The van der Waals surface area contributed by atoms with Crippen LogP contribution in [-0.2, 0) is 13.1 Å². The lowest BCUT2D eigenvalue weighted by Gasteiger charge is -2.21. The number of para-hydroxylation sites is 1. The van der Waals surface area contributed by atoms with Crippen LogP contribution in [0.1, 0.15) is 11.3 Å². The fourth-order valence-electron chi connectivity index (χ4n) is 3.14. The molecule has 24 heavy (non-hydrogen) atoms. The van der Waals surface area contributed by atoms with Gasteiger partial charge in [-0.05, 0) is 24.3 Å². The second-order valence-electron chi connectivity index (χ2n) is 6.00. The van der Waals surface area contributed by atoms with Crippen molar-refractivity contribution in [2.45, 2.75) is 13.1 Å². The molecule has 5 nitrogen and oxygen atoms in total. The Labute approximate surface area is 139 Å². The summed E-state index contributed by atoms with van der Waals surface area (Å²) in [5.74, 6) is 0.864. The first-order valence-electron chi connectivity index (χ1n) is 7.95. The molecule has 0 radical (unpaired) electrons. The van der Waals surface area contributed by atoms with Crippen LogP contribution in [0, 0.1) is 0 Å². The van der Waals surface area contributed by atoms with E-state index < -0.39 is 0 Å². The Kier molecular flexibility index (Phi) is 2.85. The van der Waals surface area contributed by atoms with Gasteiger partial charge in [0.2, 0.25) is 0 Å². The van der Waals surface area contributed by atoms with Gasteiger partial charge in [0.25, 0.3) is 0 Å². The number of benzene rings is 1. The molecule has 1 aromatic carbocycles. The minimum Gasteiger partial charge on any atom is -0.361 e. The van der Waals surface area contributed by atoms with E-state index in [0.717, 1.165) is 46.8 Å². The zero-order valence-electron chi connectivity index (χ0n) is 13.0. The van der Waals surface area contributed by atoms with Gasteiger partial charge >= 0.3 is 0 Å². The number of hydrogen-bond acceptors (Lipinski definition) is 5. The predicted molar refractivity (Wildman–Crippen MR) is 93.5 cm³/mol. The number of hydrogen-bond donors (Lipinski definition) is 1. The molecule has 2 aromatic heterocycles. The van der Waals surface area contributed by atoms with Crippen LogP contribution >= 0.6 is 0 Å². The lowest BCUT2D eigenvalue weighted by Crippen LogP contribution is -2.16. The van der Waals surface area contributed by atoms with E-state index >= 15 is 0 Å². The lowest BCUT2D eigenvalue weighted by atomic mass is 10.2. The van der Waals surface area contributed by atoms with Crippen molar-refractivity contribution < 1.29 is 0 Å². The van der Waals surface area contributed by atoms with Crippen molar-refractivity contribution in [1.29, 1.82) is 0 Å².